The van der Waals surface area contributed by atoms with Crippen LogP contribution in [0.3, 0.4) is 0 Å². The summed E-state index contributed by atoms with van der Waals surface area (Å²) in [5.41, 5.74) is 7.47. The minimum Gasteiger partial charge on any atom is -0.366 e. The van der Waals surface area contributed by atoms with Crippen molar-refractivity contribution in [3.63, 3.8) is 0 Å². The van der Waals surface area contributed by atoms with E-state index in [9.17, 15) is 13.2 Å². The fourth-order valence-electron chi connectivity index (χ4n) is 4.39. The maximum atomic E-state index is 11.7. The topological polar surface area (TPSA) is 89.7 Å². The summed E-state index contributed by atoms with van der Waals surface area (Å²) in [5, 5.41) is 0. The summed E-state index contributed by atoms with van der Waals surface area (Å²) in [6, 6.07) is 9.06. The average Bonchev–Trinajstić information content (AvgIpc) is 3.09. The first-order chi connectivity index (χ1) is 13.7. The highest BCUT2D eigenvalue weighted by Crippen LogP contribution is 2.47. The first kappa shape index (κ1) is 20.5. The van der Waals surface area contributed by atoms with Crippen molar-refractivity contribution in [1.82, 2.24) is 4.90 Å². The van der Waals surface area contributed by atoms with Gasteiger partial charge in [0.25, 0.3) is 5.91 Å². The Hall–Kier alpha value is -1.74. The van der Waals surface area contributed by atoms with Crippen molar-refractivity contribution >= 4 is 27.1 Å². The van der Waals surface area contributed by atoms with E-state index in [0.717, 1.165) is 44.5 Å². The van der Waals surface area contributed by atoms with Crippen molar-refractivity contribution in [2.24, 2.45) is 5.73 Å². The molecule has 0 saturated carbocycles. The number of piperidine rings is 1. The third kappa shape index (κ3) is 4.12. The van der Waals surface area contributed by atoms with Crippen LogP contribution in [0, 0.1) is 0 Å². The van der Waals surface area contributed by atoms with Gasteiger partial charge in [-0.3, -0.25) is 9.69 Å². The van der Waals surface area contributed by atoms with Crippen molar-refractivity contribution in [2.75, 3.05) is 19.3 Å². The molecule has 156 valence electrons. The van der Waals surface area contributed by atoms with E-state index < -0.39 is 9.84 Å². The number of nitrogens with zero attached hydrogens (tertiary/aromatic N) is 1. The van der Waals surface area contributed by atoms with E-state index in [0.29, 0.717) is 9.77 Å². The maximum absolute atomic E-state index is 11.7. The van der Waals surface area contributed by atoms with Gasteiger partial charge < -0.3 is 10.5 Å². The highest BCUT2D eigenvalue weighted by atomic mass is 32.2. The van der Waals surface area contributed by atoms with E-state index in [4.69, 9.17) is 10.5 Å². The number of fused-ring (bicyclic) bond motifs is 2. The van der Waals surface area contributed by atoms with Crippen LogP contribution in [0.4, 0.5) is 0 Å². The summed E-state index contributed by atoms with van der Waals surface area (Å²) in [6.45, 7) is 4.62. The van der Waals surface area contributed by atoms with Crippen molar-refractivity contribution in [3.8, 4) is 0 Å². The van der Waals surface area contributed by atoms with Crippen molar-refractivity contribution in [1.29, 1.82) is 0 Å². The van der Waals surface area contributed by atoms with E-state index in [1.165, 1.54) is 28.0 Å². The predicted molar refractivity (Wildman–Crippen MR) is 113 cm³/mol. The second-order valence-electron chi connectivity index (χ2n) is 8.15. The molecular formula is C21H26N2O4S2. The second kappa shape index (κ2) is 7.50. The molecule has 6 nitrogen and oxygen atoms in total. The highest BCUT2D eigenvalue weighted by molar-refractivity contribution is 7.90. The fourth-order valence-corrected chi connectivity index (χ4v) is 6.26. The lowest BCUT2D eigenvalue weighted by Gasteiger charge is -2.45. The molecule has 0 unspecified atom stereocenters. The Morgan fingerprint density at radius 3 is 2.52 bits per heavy atom. The number of likely N-dealkylation sites (tertiary alicyclic amines) is 1. The molecule has 29 heavy (non-hydrogen) atoms. The molecule has 0 aliphatic carbocycles. The Morgan fingerprint density at radius 1 is 1.28 bits per heavy atom. The average molecular weight is 435 g/mol. The number of carbonyl (C=O) groups excluding carboxylic acids is 1. The summed E-state index contributed by atoms with van der Waals surface area (Å²) in [5.74, 6) is -0.373. The molecule has 4 rings (SSSR count). The number of carbonyl (C=O) groups is 1. The van der Waals surface area contributed by atoms with Gasteiger partial charge in [0.15, 0.2) is 9.84 Å². The Balaban J connectivity index is 1.47. The van der Waals surface area contributed by atoms with Crippen molar-refractivity contribution < 1.29 is 17.9 Å². The Labute approximate surface area is 175 Å². The van der Waals surface area contributed by atoms with Gasteiger partial charge in [-0.25, -0.2) is 8.42 Å². The molecule has 2 aromatic rings. The highest BCUT2D eigenvalue weighted by Gasteiger charge is 2.44. The molecule has 1 fully saturated rings. The molecule has 1 amide bonds. The molecule has 0 radical (unpaired) electrons. The minimum atomic E-state index is -3.17. The molecule has 1 spiro atoms. The monoisotopic (exact) mass is 434 g/mol. The summed E-state index contributed by atoms with van der Waals surface area (Å²) in [6.07, 6.45) is 3.89. The van der Waals surface area contributed by atoms with Gasteiger partial charge in [-0.05, 0) is 55.5 Å². The number of hydrogen-bond donors (Lipinski definition) is 1. The van der Waals surface area contributed by atoms with Crippen LogP contribution in [0.25, 0.3) is 0 Å². The molecule has 1 atom stereocenters. The van der Waals surface area contributed by atoms with Gasteiger partial charge in [-0.1, -0.05) is 12.1 Å². The molecule has 1 saturated heterocycles. The predicted octanol–water partition coefficient (Wildman–Crippen LogP) is 2.70. The number of ether oxygens (including phenoxy) is 1. The number of rotatable bonds is 4. The van der Waals surface area contributed by atoms with Crippen LogP contribution < -0.4 is 5.73 Å². The van der Waals surface area contributed by atoms with Crippen LogP contribution in [-0.2, 0) is 33.1 Å². The molecule has 8 heteroatoms. The smallest absolute Gasteiger partial charge is 0.258 e. The van der Waals surface area contributed by atoms with Gasteiger partial charge in [0.1, 0.15) is 5.60 Å². The second-order valence-corrected chi connectivity index (χ2v) is 11.2. The van der Waals surface area contributed by atoms with E-state index >= 15 is 0 Å². The number of thiophene rings is 1. The largest absolute Gasteiger partial charge is 0.366 e. The zero-order valence-corrected chi connectivity index (χ0v) is 18.3. The lowest BCUT2D eigenvalue weighted by Crippen LogP contribution is -2.47. The van der Waals surface area contributed by atoms with Gasteiger partial charge in [0.05, 0.1) is 15.9 Å². The van der Waals surface area contributed by atoms with E-state index in [-0.39, 0.29) is 17.6 Å². The first-order valence-corrected chi connectivity index (χ1v) is 12.5. The van der Waals surface area contributed by atoms with Gasteiger partial charge in [-0.15, -0.1) is 11.3 Å². The van der Waals surface area contributed by atoms with E-state index in [1.54, 1.807) is 12.1 Å². The summed E-state index contributed by atoms with van der Waals surface area (Å²) < 4.78 is 29.7. The van der Waals surface area contributed by atoms with Crippen LogP contribution in [0.2, 0.25) is 0 Å². The molecule has 2 N–H and O–H groups in total. The zero-order valence-electron chi connectivity index (χ0n) is 16.7. The number of nitrogens with two attached hydrogens (primary N) is 1. The van der Waals surface area contributed by atoms with Crippen LogP contribution in [-0.4, -0.2) is 44.7 Å². The number of amides is 1. The molecule has 0 bridgehead atoms. The molecule has 1 aromatic heterocycles. The number of sulfone groups is 1. The van der Waals surface area contributed by atoms with Crippen LogP contribution in [0.5, 0.6) is 0 Å². The molecule has 2 aliphatic heterocycles. The lowest BCUT2D eigenvalue weighted by molar-refractivity contribution is -0.131. The third-order valence-electron chi connectivity index (χ3n) is 5.82. The maximum Gasteiger partial charge on any atom is 0.258 e. The lowest BCUT2D eigenvalue weighted by atomic mass is 9.84. The van der Waals surface area contributed by atoms with Crippen LogP contribution in [0.15, 0.2) is 35.2 Å². The third-order valence-corrected chi connectivity index (χ3v) is 8.33. The molecule has 1 aromatic carbocycles. The standard InChI is InChI=1S/C21H26N2O4S2/c1-14-11-16-12-18(20(22)24)28-19(16)21(27-14)7-9-23(10-8-21)13-15-3-5-17(6-4-15)29(2,25)26/h3-6,12,14H,7-11,13H2,1-2H3,(H2,22,24)/t14-/m0/s1. The van der Waals surface area contributed by atoms with Crippen molar-refractivity contribution in [2.45, 2.75) is 49.3 Å². The summed E-state index contributed by atoms with van der Waals surface area (Å²) in [4.78, 5) is 16.2. The number of hydrogen-bond acceptors (Lipinski definition) is 6. The SMILES string of the molecule is C[C@H]1Cc2cc(C(N)=O)sc2C2(CCN(Cc3ccc(S(C)(=O)=O)cc3)CC2)O1. The Kier molecular flexibility index (Phi) is 5.31. The van der Waals surface area contributed by atoms with Crippen LogP contribution >= 0.6 is 11.3 Å². The van der Waals surface area contributed by atoms with E-state index in [2.05, 4.69) is 11.8 Å². The van der Waals surface area contributed by atoms with Gasteiger partial charge in [-0.2, -0.15) is 0 Å². The summed E-state index contributed by atoms with van der Waals surface area (Å²) >= 11 is 1.48. The Bertz CT molecular complexity index is 1020. The minimum absolute atomic E-state index is 0.118. The number of benzene rings is 1. The Morgan fingerprint density at radius 2 is 1.93 bits per heavy atom. The van der Waals surface area contributed by atoms with Gasteiger partial charge >= 0.3 is 0 Å². The quantitative estimate of drug-likeness (QED) is 0.799. The summed E-state index contributed by atoms with van der Waals surface area (Å²) in [7, 11) is -3.17. The van der Waals surface area contributed by atoms with Gasteiger partial charge in [0.2, 0.25) is 0 Å². The zero-order chi connectivity index (χ0) is 20.8. The molecule has 3 heterocycles. The molecular weight excluding hydrogens is 408 g/mol. The van der Waals surface area contributed by atoms with Crippen molar-refractivity contribution in [3.05, 3.63) is 51.2 Å². The van der Waals surface area contributed by atoms with E-state index in [1.807, 2.05) is 18.2 Å². The first-order valence-electron chi connectivity index (χ1n) is 9.78. The fraction of sp³-hybridized carbons (Fsp3) is 0.476. The normalized spacial score (nSPS) is 21.8. The molecule has 2 aliphatic rings. The number of primary amides is 1. The van der Waals surface area contributed by atoms with Gasteiger partial charge in [0, 0.05) is 30.8 Å². The van der Waals surface area contributed by atoms with Crippen LogP contribution in [0.1, 0.15) is 45.4 Å².